The molecule has 0 rings (SSSR count). The van der Waals surface area contributed by atoms with E-state index in [9.17, 15) is 0 Å². The molecule has 2 heteroatoms. The molecule has 0 aliphatic heterocycles. The highest BCUT2D eigenvalue weighted by atomic mass is 16.3. The van der Waals surface area contributed by atoms with Crippen molar-refractivity contribution in [3.05, 3.63) is 12.3 Å². The number of aliphatic hydroxyl groups is 1. The van der Waals surface area contributed by atoms with Crippen molar-refractivity contribution < 1.29 is 5.11 Å². The Bertz CT molecular complexity index is 78.6. The molecule has 0 aliphatic rings. The van der Waals surface area contributed by atoms with Crippen LogP contribution in [-0.2, 0) is 0 Å². The molecule has 0 unspecified atom stereocenters. The summed E-state index contributed by atoms with van der Waals surface area (Å²) in [6.07, 6.45) is 0. The van der Waals surface area contributed by atoms with Crippen LogP contribution in [0, 0.1) is 0 Å². The molecule has 0 aromatic heterocycles. The van der Waals surface area contributed by atoms with Gasteiger partial charge in [0.25, 0.3) is 0 Å². The van der Waals surface area contributed by atoms with Gasteiger partial charge in [0.15, 0.2) is 0 Å². The van der Waals surface area contributed by atoms with Gasteiger partial charge in [-0.25, -0.2) is 0 Å². The summed E-state index contributed by atoms with van der Waals surface area (Å²) in [5.41, 5.74) is 0.681. The molecule has 0 saturated heterocycles. The van der Waals surface area contributed by atoms with Crippen LogP contribution in [-0.4, -0.2) is 17.8 Å². The molecule has 8 heavy (non-hydrogen) atoms. The van der Waals surface area contributed by atoms with Gasteiger partial charge >= 0.3 is 0 Å². The lowest BCUT2D eigenvalue weighted by Crippen LogP contribution is -2.22. The maximum Gasteiger partial charge on any atom is 0.0821 e. The van der Waals surface area contributed by atoms with Gasteiger partial charge < -0.3 is 10.4 Å². The molecule has 0 bridgehead atoms. The third-order valence-corrected chi connectivity index (χ3v) is 0.684. The maximum absolute atomic E-state index is 8.42. The second kappa shape index (κ2) is 3.50. The summed E-state index contributed by atoms with van der Waals surface area (Å²) in [4.78, 5) is 0. The van der Waals surface area contributed by atoms with Gasteiger partial charge in [-0.3, -0.25) is 0 Å². The van der Waals surface area contributed by atoms with E-state index in [1.54, 1.807) is 0 Å². The molecule has 0 saturated carbocycles. The van der Waals surface area contributed by atoms with Crippen molar-refractivity contribution in [2.45, 2.75) is 19.9 Å². The van der Waals surface area contributed by atoms with Gasteiger partial charge in [0, 0.05) is 11.7 Å². The van der Waals surface area contributed by atoms with Crippen LogP contribution in [0.2, 0.25) is 0 Å². The zero-order valence-electron chi connectivity index (χ0n) is 5.44. The minimum absolute atomic E-state index is 0.0260. The van der Waals surface area contributed by atoms with Gasteiger partial charge in [-0.05, 0) is 13.8 Å². The molecule has 0 heterocycles. The molecular weight excluding hydrogens is 102 g/mol. The highest BCUT2D eigenvalue weighted by Crippen LogP contribution is 1.83. The Morgan fingerprint density at radius 2 is 2.25 bits per heavy atom. The van der Waals surface area contributed by atoms with Crippen molar-refractivity contribution in [1.29, 1.82) is 0 Å². The van der Waals surface area contributed by atoms with Crippen LogP contribution >= 0.6 is 0 Å². The molecule has 2 nitrogen and oxygen atoms in total. The van der Waals surface area contributed by atoms with Crippen molar-refractivity contribution in [1.82, 2.24) is 5.32 Å². The lowest BCUT2D eigenvalue weighted by Gasteiger charge is -2.08. The van der Waals surface area contributed by atoms with Crippen LogP contribution < -0.4 is 5.32 Å². The zero-order valence-corrected chi connectivity index (χ0v) is 5.44. The fourth-order valence-corrected chi connectivity index (χ4v) is 0.454. The van der Waals surface area contributed by atoms with Crippen LogP contribution in [0.15, 0.2) is 12.3 Å². The molecule has 0 aromatic rings. The van der Waals surface area contributed by atoms with E-state index in [0.717, 1.165) is 0 Å². The predicted molar refractivity (Wildman–Crippen MR) is 34.5 cm³/mol. The minimum atomic E-state index is 0.0260. The molecule has 2 N–H and O–H groups in total. The summed E-state index contributed by atoms with van der Waals surface area (Å²) >= 11 is 0. The zero-order chi connectivity index (χ0) is 6.57. The Kier molecular flexibility index (Phi) is 3.28. The van der Waals surface area contributed by atoms with Crippen molar-refractivity contribution in [2.75, 3.05) is 6.61 Å². The van der Waals surface area contributed by atoms with E-state index in [4.69, 9.17) is 5.11 Å². The molecule has 0 spiro atoms. The van der Waals surface area contributed by atoms with Crippen molar-refractivity contribution in [3.63, 3.8) is 0 Å². The average molecular weight is 115 g/mol. The van der Waals surface area contributed by atoms with E-state index >= 15 is 0 Å². The monoisotopic (exact) mass is 115 g/mol. The summed E-state index contributed by atoms with van der Waals surface area (Å²) in [6, 6.07) is 0.370. The number of hydrogen-bond donors (Lipinski definition) is 2. The first-order chi connectivity index (χ1) is 3.66. The third-order valence-electron chi connectivity index (χ3n) is 0.684. The lowest BCUT2D eigenvalue weighted by atomic mass is 10.4. The predicted octanol–water partition coefficient (Wildman–Crippen LogP) is 0.490. The van der Waals surface area contributed by atoms with Gasteiger partial charge in [-0.15, -0.1) is 0 Å². The van der Waals surface area contributed by atoms with Gasteiger partial charge in [-0.1, -0.05) is 6.58 Å². The van der Waals surface area contributed by atoms with Crippen LogP contribution in [0.25, 0.3) is 0 Å². The number of aliphatic hydroxyl groups excluding tert-OH is 1. The normalized spacial score (nSPS) is 9.50. The van der Waals surface area contributed by atoms with Crippen molar-refractivity contribution >= 4 is 0 Å². The molecule has 0 amide bonds. The number of nitrogens with one attached hydrogen (secondary N) is 1. The average Bonchev–Trinajstić information content (AvgIpc) is 1.65. The first-order valence-electron chi connectivity index (χ1n) is 2.72. The van der Waals surface area contributed by atoms with Gasteiger partial charge in [0.1, 0.15) is 0 Å². The minimum Gasteiger partial charge on any atom is -0.390 e. The Hall–Kier alpha value is -0.500. The van der Waals surface area contributed by atoms with Gasteiger partial charge in [0.05, 0.1) is 6.61 Å². The van der Waals surface area contributed by atoms with E-state index in [1.165, 1.54) is 0 Å². The summed E-state index contributed by atoms with van der Waals surface area (Å²) in [7, 11) is 0. The van der Waals surface area contributed by atoms with E-state index in [2.05, 4.69) is 11.9 Å². The molecule has 0 fully saturated rings. The Morgan fingerprint density at radius 3 is 2.38 bits per heavy atom. The van der Waals surface area contributed by atoms with Crippen LogP contribution in [0.1, 0.15) is 13.8 Å². The Morgan fingerprint density at radius 1 is 1.75 bits per heavy atom. The highest BCUT2D eigenvalue weighted by Gasteiger charge is 1.91. The number of rotatable bonds is 3. The topological polar surface area (TPSA) is 32.3 Å². The first-order valence-corrected chi connectivity index (χ1v) is 2.72. The second-order valence-electron chi connectivity index (χ2n) is 2.06. The van der Waals surface area contributed by atoms with Crippen LogP contribution in [0.3, 0.4) is 0 Å². The molecular formula is C6H13NO. The van der Waals surface area contributed by atoms with E-state index in [1.807, 2.05) is 13.8 Å². The summed E-state index contributed by atoms with van der Waals surface area (Å²) < 4.78 is 0. The van der Waals surface area contributed by atoms with Gasteiger partial charge in [0.2, 0.25) is 0 Å². The summed E-state index contributed by atoms with van der Waals surface area (Å²) in [5.74, 6) is 0. The second-order valence-corrected chi connectivity index (χ2v) is 2.06. The Balaban J connectivity index is 3.25. The van der Waals surface area contributed by atoms with E-state index < -0.39 is 0 Å². The van der Waals surface area contributed by atoms with Gasteiger partial charge in [-0.2, -0.15) is 0 Å². The molecule has 0 aliphatic carbocycles. The molecule has 0 atom stereocenters. The standard InChI is InChI=1S/C6H13NO/c1-5(2)7-6(3)4-8/h5,7-8H,3-4H2,1-2H3. The summed E-state index contributed by atoms with van der Waals surface area (Å²) in [5, 5.41) is 11.4. The highest BCUT2D eigenvalue weighted by molar-refractivity contribution is 4.91. The van der Waals surface area contributed by atoms with Crippen LogP contribution in [0.5, 0.6) is 0 Å². The molecule has 0 radical (unpaired) electrons. The van der Waals surface area contributed by atoms with Crippen molar-refractivity contribution in [2.24, 2.45) is 0 Å². The maximum atomic E-state index is 8.42. The SMILES string of the molecule is C=C(CO)NC(C)C. The quantitative estimate of drug-likeness (QED) is 0.561. The largest absolute Gasteiger partial charge is 0.390 e. The third kappa shape index (κ3) is 3.68. The fourth-order valence-electron chi connectivity index (χ4n) is 0.454. The Labute approximate surface area is 50.2 Å². The smallest absolute Gasteiger partial charge is 0.0821 e. The van der Waals surface area contributed by atoms with E-state index in [-0.39, 0.29) is 6.61 Å². The summed E-state index contributed by atoms with van der Waals surface area (Å²) in [6.45, 7) is 7.58. The van der Waals surface area contributed by atoms with E-state index in [0.29, 0.717) is 11.7 Å². The molecule has 0 aromatic carbocycles. The van der Waals surface area contributed by atoms with Crippen molar-refractivity contribution in [3.8, 4) is 0 Å². The first kappa shape index (κ1) is 7.50. The molecule has 48 valence electrons. The lowest BCUT2D eigenvalue weighted by molar-refractivity contribution is 0.319. The number of hydrogen-bond acceptors (Lipinski definition) is 2. The fraction of sp³-hybridized carbons (Fsp3) is 0.667. The van der Waals surface area contributed by atoms with Crippen LogP contribution in [0.4, 0.5) is 0 Å².